The highest BCUT2D eigenvalue weighted by Gasteiger charge is 2.12. The summed E-state index contributed by atoms with van der Waals surface area (Å²) in [5.74, 6) is 2.17. The highest BCUT2D eigenvalue weighted by Crippen LogP contribution is 2.33. The number of nitrogens with zero attached hydrogens (tertiary/aromatic N) is 3. The van der Waals surface area contributed by atoms with E-state index in [1.54, 1.807) is 18.3 Å². The third-order valence-corrected chi connectivity index (χ3v) is 3.98. The van der Waals surface area contributed by atoms with Crippen molar-refractivity contribution < 1.29 is 13.9 Å². The Balaban J connectivity index is 1.36. The second-order valence-corrected chi connectivity index (χ2v) is 5.95. The van der Waals surface area contributed by atoms with Crippen LogP contribution in [0.15, 0.2) is 48.7 Å². The van der Waals surface area contributed by atoms with Gasteiger partial charge in [0.05, 0.1) is 6.20 Å². The van der Waals surface area contributed by atoms with E-state index < -0.39 is 0 Å². The summed E-state index contributed by atoms with van der Waals surface area (Å²) in [5, 5.41) is 14.2. The lowest BCUT2D eigenvalue weighted by Gasteiger charge is -2.19. The van der Waals surface area contributed by atoms with Gasteiger partial charge in [0.2, 0.25) is 5.95 Å². The Hall–Kier alpha value is -3.42. The molecule has 8 heteroatoms. The van der Waals surface area contributed by atoms with Gasteiger partial charge in [0.15, 0.2) is 17.3 Å². The van der Waals surface area contributed by atoms with Crippen molar-refractivity contribution in [3.8, 4) is 11.5 Å². The molecule has 0 saturated carbocycles. The molecule has 3 aromatic rings. The zero-order chi connectivity index (χ0) is 18.5. The summed E-state index contributed by atoms with van der Waals surface area (Å²) in [7, 11) is 0. The Bertz CT molecular complexity index is 920. The lowest BCUT2D eigenvalue weighted by molar-refractivity contribution is 0.171. The Labute approximate surface area is 155 Å². The number of rotatable bonds is 6. The summed E-state index contributed by atoms with van der Waals surface area (Å²) in [5.41, 5.74) is 1.85. The van der Waals surface area contributed by atoms with E-state index in [9.17, 15) is 4.39 Å². The topological polar surface area (TPSA) is 81.2 Å². The molecule has 2 heterocycles. The van der Waals surface area contributed by atoms with Crippen LogP contribution in [0, 0.1) is 5.82 Å². The predicted molar refractivity (Wildman–Crippen MR) is 99.1 cm³/mol. The Morgan fingerprint density at radius 3 is 2.67 bits per heavy atom. The van der Waals surface area contributed by atoms with Crippen LogP contribution in [-0.4, -0.2) is 34.9 Å². The zero-order valence-corrected chi connectivity index (χ0v) is 14.5. The largest absolute Gasteiger partial charge is 0.486 e. The van der Waals surface area contributed by atoms with E-state index in [0.717, 1.165) is 23.4 Å². The van der Waals surface area contributed by atoms with E-state index in [4.69, 9.17) is 9.47 Å². The van der Waals surface area contributed by atoms with Crippen molar-refractivity contribution in [3.05, 3.63) is 60.0 Å². The van der Waals surface area contributed by atoms with Crippen LogP contribution in [0.1, 0.15) is 5.56 Å². The fraction of sp³-hybridized carbons (Fsp3) is 0.211. The van der Waals surface area contributed by atoms with Crippen LogP contribution in [0.4, 0.5) is 21.8 Å². The van der Waals surface area contributed by atoms with Gasteiger partial charge >= 0.3 is 0 Å². The van der Waals surface area contributed by atoms with Crippen LogP contribution in [0.2, 0.25) is 0 Å². The van der Waals surface area contributed by atoms with Gasteiger partial charge in [-0.2, -0.15) is 10.1 Å². The van der Waals surface area contributed by atoms with E-state index in [-0.39, 0.29) is 5.82 Å². The molecule has 0 amide bonds. The minimum atomic E-state index is -0.239. The van der Waals surface area contributed by atoms with Gasteiger partial charge in [-0.05, 0) is 36.2 Å². The molecule has 0 saturated heterocycles. The molecule has 1 aromatic heterocycles. The van der Waals surface area contributed by atoms with Gasteiger partial charge in [-0.25, -0.2) is 4.39 Å². The van der Waals surface area contributed by atoms with Gasteiger partial charge in [-0.1, -0.05) is 12.1 Å². The van der Waals surface area contributed by atoms with E-state index in [1.165, 1.54) is 12.1 Å². The minimum absolute atomic E-state index is 0.239. The quantitative estimate of drug-likeness (QED) is 0.692. The molecule has 2 aromatic carbocycles. The average Bonchev–Trinajstić information content (AvgIpc) is 2.70. The number of halogens is 1. The maximum atomic E-state index is 12.9. The minimum Gasteiger partial charge on any atom is -0.486 e. The monoisotopic (exact) mass is 367 g/mol. The van der Waals surface area contributed by atoms with Crippen molar-refractivity contribution in [1.29, 1.82) is 0 Å². The van der Waals surface area contributed by atoms with E-state index in [2.05, 4.69) is 25.8 Å². The standard InChI is InChI=1S/C19H18FN5O2/c20-14-3-1-13(2-4-14)7-8-21-19-24-18(12-22-25-19)23-15-5-6-16-17(11-15)27-10-9-26-16/h1-6,11-12H,7-10H2,(H2,21,23,24,25). The molecule has 2 N–H and O–H groups in total. The van der Waals surface area contributed by atoms with Gasteiger partial charge in [-0.3, -0.25) is 0 Å². The SMILES string of the molecule is Fc1ccc(CCNc2nncc(Nc3ccc4c(c3)OCCO4)n2)cc1. The van der Waals surface area contributed by atoms with E-state index in [0.29, 0.717) is 37.3 Å². The molecule has 27 heavy (non-hydrogen) atoms. The summed E-state index contributed by atoms with van der Waals surface area (Å²) in [4.78, 5) is 4.40. The van der Waals surface area contributed by atoms with Crippen molar-refractivity contribution >= 4 is 17.5 Å². The van der Waals surface area contributed by atoms with Crippen LogP contribution >= 0.6 is 0 Å². The van der Waals surface area contributed by atoms with Gasteiger partial charge in [0.25, 0.3) is 0 Å². The molecule has 0 bridgehead atoms. The first kappa shape index (κ1) is 17.0. The van der Waals surface area contributed by atoms with Crippen LogP contribution in [-0.2, 0) is 6.42 Å². The van der Waals surface area contributed by atoms with Crippen LogP contribution < -0.4 is 20.1 Å². The van der Waals surface area contributed by atoms with Gasteiger partial charge in [0, 0.05) is 18.3 Å². The highest BCUT2D eigenvalue weighted by atomic mass is 19.1. The lowest BCUT2D eigenvalue weighted by Crippen LogP contribution is -2.15. The summed E-state index contributed by atoms with van der Waals surface area (Å²) >= 11 is 0. The number of anilines is 3. The predicted octanol–water partition coefficient (Wildman–Crippen LogP) is 3.18. The Morgan fingerprint density at radius 2 is 1.81 bits per heavy atom. The van der Waals surface area contributed by atoms with Gasteiger partial charge in [-0.15, -0.1) is 5.10 Å². The molecule has 0 spiro atoms. The maximum absolute atomic E-state index is 12.9. The maximum Gasteiger partial charge on any atom is 0.244 e. The molecule has 0 radical (unpaired) electrons. The number of benzene rings is 2. The average molecular weight is 367 g/mol. The normalized spacial score (nSPS) is 12.5. The summed E-state index contributed by atoms with van der Waals surface area (Å²) in [6, 6.07) is 12.0. The number of fused-ring (bicyclic) bond motifs is 1. The molecule has 138 valence electrons. The van der Waals surface area contributed by atoms with Crippen LogP contribution in [0.3, 0.4) is 0 Å². The van der Waals surface area contributed by atoms with Crippen LogP contribution in [0.25, 0.3) is 0 Å². The molecular weight excluding hydrogens is 349 g/mol. The summed E-state index contributed by atoms with van der Waals surface area (Å²) in [6.07, 6.45) is 2.27. The first-order valence-electron chi connectivity index (χ1n) is 8.61. The summed E-state index contributed by atoms with van der Waals surface area (Å²) < 4.78 is 24.0. The third kappa shape index (κ3) is 4.41. The molecule has 1 aliphatic rings. The first-order valence-corrected chi connectivity index (χ1v) is 8.61. The molecular formula is C19H18FN5O2. The lowest BCUT2D eigenvalue weighted by atomic mass is 10.1. The van der Waals surface area contributed by atoms with Crippen molar-refractivity contribution in [2.45, 2.75) is 6.42 Å². The van der Waals surface area contributed by atoms with Crippen molar-refractivity contribution in [1.82, 2.24) is 15.2 Å². The Kier molecular flexibility index (Phi) is 4.95. The van der Waals surface area contributed by atoms with E-state index >= 15 is 0 Å². The van der Waals surface area contributed by atoms with Crippen molar-refractivity contribution in [2.24, 2.45) is 0 Å². The van der Waals surface area contributed by atoms with Crippen molar-refractivity contribution in [3.63, 3.8) is 0 Å². The zero-order valence-electron chi connectivity index (χ0n) is 14.5. The second kappa shape index (κ2) is 7.86. The fourth-order valence-corrected chi connectivity index (χ4v) is 2.68. The number of hydrogen-bond acceptors (Lipinski definition) is 7. The van der Waals surface area contributed by atoms with Gasteiger partial charge < -0.3 is 20.1 Å². The second-order valence-electron chi connectivity index (χ2n) is 5.95. The molecule has 0 aliphatic carbocycles. The van der Waals surface area contributed by atoms with E-state index in [1.807, 2.05) is 18.2 Å². The highest BCUT2D eigenvalue weighted by molar-refractivity contribution is 5.61. The summed E-state index contributed by atoms with van der Waals surface area (Å²) in [6.45, 7) is 1.71. The number of nitrogens with one attached hydrogen (secondary N) is 2. The molecule has 1 aliphatic heterocycles. The first-order chi connectivity index (χ1) is 13.3. The molecule has 0 unspecified atom stereocenters. The molecule has 0 fully saturated rings. The fourth-order valence-electron chi connectivity index (χ4n) is 2.68. The number of ether oxygens (including phenoxy) is 2. The molecule has 0 atom stereocenters. The van der Waals surface area contributed by atoms with Crippen molar-refractivity contribution in [2.75, 3.05) is 30.4 Å². The Morgan fingerprint density at radius 1 is 1.00 bits per heavy atom. The number of aromatic nitrogens is 3. The third-order valence-electron chi connectivity index (χ3n) is 3.98. The number of hydrogen-bond donors (Lipinski definition) is 2. The molecule has 7 nitrogen and oxygen atoms in total. The smallest absolute Gasteiger partial charge is 0.244 e. The van der Waals surface area contributed by atoms with Crippen LogP contribution in [0.5, 0.6) is 11.5 Å². The van der Waals surface area contributed by atoms with Gasteiger partial charge in [0.1, 0.15) is 19.0 Å². The molecule has 4 rings (SSSR count).